The molecule has 2 aromatic rings. The van der Waals surface area contributed by atoms with Crippen molar-refractivity contribution in [1.29, 1.82) is 0 Å². The van der Waals surface area contributed by atoms with Crippen molar-refractivity contribution >= 4 is 12.0 Å². The fourth-order valence-corrected chi connectivity index (χ4v) is 4.77. The van der Waals surface area contributed by atoms with Crippen molar-refractivity contribution in [3.8, 4) is 5.69 Å². The Bertz CT molecular complexity index is 1050. The number of benzene rings is 1. The highest BCUT2D eigenvalue weighted by atomic mass is 19.1. The van der Waals surface area contributed by atoms with E-state index in [-0.39, 0.29) is 29.6 Å². The molecule has 1 saturated carbocycles. The van der Waals surface area contributed by atoms with E-state index < -0.39 is 17.2 Å². The molecule has 7 nitrogen and oxygen atoms in total. The fourth-order valence-electron chi connectivity index (χ4n) is 4.77. The van der Waals surface area contributed by atoms with Crippen molar-refractivity contribution in [3.05, 3.63) is 47.3 Å². The summed E-state index contributed by atoms with van der Waals surface area (Å²) in [4.78, 5) is 27.3. The molecular weight excluding hydrogens is 442 g/mol. The highest BCUT2D eigenvalue weighted by Crippen LogP contribution is 2.33. The minimum atomic E-state index is -0.752. The van der Waals surface area contributed by atoms with E-state index in [0.717, 1.165) is 31.7 Å². The first-order valence-corrected chi connectivity index (χ1v) is 11.9. The molecule has 1 aliphatic heterocycles. The largest absolute Gasteiger partial charge is 0.444 e. The van der Waals surface area contributed by atoms with Gasteiger partial charge in [0.05, 0.1) is 17.5 Å². The highest BCUT2D eigenvalue weighted by Gasteiger charge is 2.33. The molecule has 2 amide bonds. The van der Waals surface area contributed by atoms with Gasteiger partial charge in [0, 0.05) is 31.1 Å². The number of ether oxygens (including phenoxy) is 1. The standard InChI is InChI=1S/C25H32F2N4O3/c1-25(2,3)34-24(33)30-12-10-16(11-13-30)22-19(23(32)29-18-6-4-5-7-18)15-28-31(22)21-9-8-17(26)14-20(21)27/h8-9,14-16,18H,4-7,10-13H2,1-3H3,(H,29,32). The number of aromatic nitrogens is 2. The van der Waals surface area contributed by atoms with Gasteiger partial charge in [-0.3, -0.25) is 4.79 Å². The van der Waals surface area contributed by atoms with Crippen LogP contribution in [0.1, 0.15) is 81.3 Å². The Morgan fingerprint density at radius 1 is 1.09 bits per heavy atom. The van der Waals surface area contributed by atoms with Crippen molar-refractivity contribution in [2.45, 2.75) is 76.9 Å². The van der Waals surface area contributed by atoms with E-state index in [0.29, 0.717) is 37.2 Å². The van der Waals surface area contributed by atoms with Crippen molar-refractivity contribution < 1.29 is 23.1 Å². The number of carbonyl (C=O) groups is 2. The Kier molecular flexibility index (Phi) is 6.91. The molecule has 2 aliphatic rings. The number of nitrogens with one attached hydrogen (secondary N) is 1. The first-order chi connectivity index (χ1) is 16.1. The maximum atomic E-state index is 14.7. The Hall–Kier alpha value is -2.97. The third kappa shape index (κ3) is 5.39. The average Bonchev–Trinajstić information content (AvgIpc) is 3.42. The second kappa shape index (κ2) is 9.72. The predicted molar refractivity (Wildman–Crippen MR) is 123 cm³/mol. The molecule has 0 radical (unpaired) electrons. The lowest BCUT2D eigenvalue weighted by molar-refractivity contribution is 0.0203. The normalized spacial score (nSPS) is 17.7. The van der Waals surface area contributed by atoms with Gasteiger partial charge in [-0.2, -0.15) is 5.10 Å². The third-order valence-corrected chi connectivity index (χ3v) is 6.41. The SMILES string of the molecule is CC(C)(C)OC(=O)N1CCC(c2c(C(=O)NC3CCCC3)cnn2-c2ccc(F)cc2F)CC1. The van der Waals surface area contributed by atoms with Crippen LogP contribution in [0.3, 0.4) is 0 Å². The van der Waals surface area contributed by atoms with E-state index in [9.17, 15) is 18.4 Å². The Morgan fingerprint density at radius 2 is 1.76 bits per heavy atom. The van der Waals surface area contributed by atoms with Crippen molar-refractivity contribution in [3.63, 3.8) is 0 Å². The molecule has 1 N–H and O–H groups in total. The Morgan fingerprint density at radius 3 is 2.38 bits per heavy atom. The van der Waals surface area contributed by atoms with Crippen LogP contribution in [0.4, 0.5) is 13.6 Å². The molecule has 1 aromatic heterocycles. The van der Waals surface area contributed by atoms with Crippen LogP contribution >= 0.6 is 0 Å². The fraction of sp³-hybridized carbons (Fsp3) is 0.560. The van der Waals surface area contributed by atoms with Gasteiger partial charge in [0.15, 0.2) is 5.82 Å². The summed E-state index contributed by atoms with van der Waals surface area (Å²) in [5.74, 6) is -1.79. The highest BCUT2D eigenvalue weighted by molar-refractivity contribution is 5.95. The minimum absolute atomic E-state index is 0.0888. The van der Waals surface area contributed by atoms with Gasteiger partial charge in [0.25, 0.3) is 5.91 Å². The predicted octanol–water partition coefficient (Wildman–Crippen LogP) is 4.94. The number of nitrogens with zero attached hydrogens (tertiary/aromatic N) is 3. The van der Waals surface area contributed by atoms with Gasteiger partial charge in [-0.05, 0) is 58.6 Å². The number of rotatable bonds is 4. The molecule has 9 heteroatoms. The summed E-state index contributed by atoms with van der Waals surface area (Å²) < 4.78 is 35.1. The summed E-state index contributed by atoms with van der Waals surface area (Å²) in [7, 11) is 0. The van der Waals surface area contributed by atoms with E-state index in [2.05, 4.69) is 10.4 Å². The van der Waals surface area contributed by atoms with Crippen LogP contribution in [-0.4, -0.2) is 51.4 Å². The molecule has 0 atom stereocenters. The van der Waals surface area contributed by atoms with E-state index in [4.69, 9.17) is 4.74 Å². The molecule has 1 aliphatic carbocycles. The Labute approximate surface area is 198 Å². The summed E-state index contributed by atoms with van der Waals surface area (Å²) in [6, 6.07) is 3.44. The molecule has 34 heavy (non-hydrogen) atoms. The van der Waals surface area contributed by atoms with Crippen LogP contribution < -0.4 is 5.32 Å². The van der Waals surface area contributed by atoms with E-state index in [1.54, 1.807) is 4.90 Å². The first kappa shape index (κ1) is 24.2. The second-order valence-electron chi connectivity index (χ2n) is 10.1. The van der Waals surface area contributed by atoms with Crippen LogP contribution in [0.25, 0.3) is 5.69 Å². The molecule has 4 rings (SSSR count). The zero-order valence-corrected chi connectivity index (χ0v) is 19.9. The molecule has 1 aromatic carbocycles. The van der Waals surface area contributed by atoms with Gasteiger partial charge >= 0.3 is 6.09 Å². The van der Waals surface area contributed by atoms with Crippen molar-refractivity contribution in [2.75, 3.05) is 13.1 Å². The lowest BCUT2D eigenvalue weighted by Gasteiger charge is -2.34. The molecular formula is C25H32F2N4O3. The van der Waals surface area contributed by atoms with E-state index >= 15 is 0 Å². The smallest absolute Gasteiger partial charge is 0.410 e. The van der Waals surface area contributed by atoms with Crippen LogP contribution in [0.2, 0.25) is 0 Å². The second-order valence-corrected chi connectivity index (χ2v) is 10.1. The average molecular weight is 475 g/mol. The van der Waals surface area contributed by atoms with Gasteiger partial charge in [-0.15, -0.1) is 0 Å². The number of halogens is 2. The van der Waals surface area contributed by atoms with Crippen LogP contribution in [0.15, 0.2) is 24.4 Å². The topological polar surface area (TPSA) is 76.5 Å². The van der Waals surface area contributed by atoms with Crippen LogP contribution in [-0.2, 0) is 4.74 Å². The lowest BCUT2D eigenvalue weighted by Crippen LogP contribution is -2.42. The first-order valence-electron chi connectivity index (χ1n) is 11.9. The monoisotopic (exact) mass is 474 g/mol. The molecule has 0 unspecified atom stereocenters. The molecule has 1 saturated heterocycles. The number of piperidine rings is 1. The third-order valence-electron chi connectivity index (χ3n) is 6.41. The quantitative estimate of drug-likeness (QED) is 0.681. The number of amides is 2. The zero-order valence-electron chi connectivity index (χ0n) is 19.9. The van der Waals surface area contributed by atoms with Crippen LogP contribution in [0.5, 0.6) is 0 Å². The van der Waals surface area contributed by atoms with Gasteiger partial charge < -0.3 is 15.0 Å². The molecule has 0 bridgehead atoms. The summed E-state index contributed by atoms with van der Waals surface area (Å²) in [5, 5.41) is 7.42. The summed E-state index contributed by atoms with van der Waals surface area (Å²) in [6.45, 7) is 6.36. The van der Waals surface area contributed by atoms with E-state index in [1.807, 2.05) is 20.8 Å². The summed E-state index contributed by atoms with van der Waals surface area (Å²) >= 11 is 0. The number of hydrogen-bond donors (Lipinski definition) is 1. The molecule has 2 heterocycles. The van der Waals surface area contributed by atoms with E-state index in [1.165, 1.54) is 23.0 Å². The van der Waals surface area contributed by atoms with Gasteiger partial charge in [0.1, 0.15) is 17.1 Å². The maximum Gasteiger partial charge on any atom is 0.410 e. The van der Waals surface area contributed by atoms with Gasteiger partial charge in [-0.1, -0.05) is 12.8 Å². The lowest BCUT2D eigenvalue weighted by atomic mass is 9.90. The van der Waals surface area contributed by atoms with Crippen molar-refractivity contribution in [1.82, 2.24) is 20.0 Å². The summed E-state index contributed by atoms with van der Waals surface area (Å²) in [6.07, 6.45) is 6.27. The molecule has 184 valence electrons. The maximum absolute atomic E-state index is 14.7. The summed E-state index contributed by atoms with van der Waals surface area (Å²) in [5.41, 5.74) is 0.486. The molecule has 2 fully saturated rings. The number of likely N-dealkylation sites (tertiary alicyclic amines) is 1. The van der Waals surface area contributed by atoms with Crippen LogP contribution in [0, 0.1) is 11.6 Å². The zero-order chi connectivity index (χ0) is 24.5. The number of hydrogen-bond acceptors (Lipinski definition) is 4. The van der Waals surface area contributed by atoms with Gasteiger partial charge in [0.2, 0.25) is 0 Å². The minimum Gasteiger partial charge on any atom is -0.444 e. The Balaban J connectivity index is 1.61. The number of carbonyl (C=O) groups excluding carboxylic acids is 2. The van der Waals surface area contributed by atoms with Gasteiger partial charge in [-0.25, -0.2) is 18.3 Å². The molecule has 0 spiro atoms. The van der Waals surface area contributed by atoms with Crippen molar-refractivity contribution in [2.24, 2.45) is 0 Å².